The van der Waals surface area contributed by atoms with Crippen LogP contribution >= 0.6 is 0 Å². The number of rotatable bonds is 6. The van der Waals surface area contributed by atoms with Gasteiger partial charge in [-0.1, -0.05) is 0 Å². The van der Waals surface area contributed by atoms with Crippen molar-refractivity contribution < 1.29 is 9.59 Å². The van der Waals surface area contributed by atoms with Gasteiger partial charge in [-0.15, -0.1) is 0 Å². The van der Waals surface area contributed by atoms with Gasteiger partial charge in [-0.2, -0.15) is 0 Å². The smallest absolute Gasteiger partial charge is 0.236 e. The summed E-state index contributed by atoms with van der Waals surface area (Å²) in [6, 6.07) is 0. The second kappa shape index (κ2) is 9.82. The molecule has 0 radical (unpaired) electrons. The van der Waals surface area contributed by atoms with Gasteiger partial charge in [0, 0.05) is 64.8 Å². The van der Waals surface area contributed by atoms with Crippen molar-refractivity contribution in [3.63, 3.8) is 0 Å². The summed E-state index contributed by atoms with van der Waals surface area (Å²) < 4.78 is 0. The summed E-state index contributed by atoms with van der Waals surface area (Å²) in [5.74, 6) is 1.28. The van der Waals surface area contributed by atoms with Crippen LogP contribution < -0.4 is 4.90 Å². The lowest BCUT2D eigenvalue weighted by atomic mass is 9.96. The maximum absolute atomic E-state index is 13.0. The van der Waals surface area contributed by atoms with Gasteiger partial charge in [0.2, 0.25) is 11.8 Å². The van der Waals surface area contributed by atoms with Crippen molar-refractivity contribution in [3.05, 3.63) is 18.6 Å². The molecular weight excluding hydrogens is 356 g/mol. The molecule has 3 rings (SSSR count). The second-order valence-corrected chi connectivity index (χ2v) is 7.52. The normalized spacial score (nSPS) is 20.9. The fraction of sp³-hybridized carbons (Fsp3) is 0.700. The zero-order valence-electron chi connectivity index (χ0n) is 17.1. The molecule has 8 heteroatoms. The van der Waals surface area contributed by atoms with Crippen LogP contribution in [0.25, 0.3) is 0 Å². The zero-order valence-corrected chi connectivity index (χ0v) is 17.1. The van der Waals surface area contributed by atoms with E-state index >= 15 is 0 Å². The molecule has 2 fully saturated rings. The number of anilines is 1. The quantitative estimate of drug-likeness (QED) is 0.715. The van der Waals surface area contributed by atoms with Gasteiger partial charge in [-0.05, 0) is 26.7 Å². The van der Waals surface area contributed by atoms with Gasteiger partial charge < -0.3 is 14.7 Å². The molecule has 8 nitrogen and oxygen atoms in total. The minimum atomic E-state index is 0.0135. The molecule has 1 unspecified atom stereocenters. The summed E-state index contributed by atoms with van der Waals surface area (Å²) in [4.78, 5) is 42.0. The number of piperazine rings is 1. The van der Waals surface area contributed by atoms with Gasteiger partial charge in [0.1, 0.15) is 5.82 Å². The molecule has 2 amide bonds. The standard InChI is InChI=1S/C20H32N6O2/c1-3-24(4-2)19(27)16-23-10-12-25(13-11-23)20(28)17-6-5-9-26(15-17)18-14-21-7-8-22-18/h7-8,14,17H,3-6,9-13,15-16H2,1-2H3. The molecule has 0 aromatic carbocycles. The highest BCUT2D eigenvalue weighted by atomic mass is 16.2. The summed E-state index contributed by atoms with van der Waals surface area (Å²) in [7, 11) is 0. The Kier molecular flexibility index (Phi) is 7.19. The minimum absolute atomic E-state index is 0.0135. The fourth-order valence-corrected chi connectivity index (χ4v) is 4.09. The first kappa shape index (κ1) is 20.5. The van der Waals surface area contributed by atoms with E-state index in [0.29, 0.717) is 26.2 Å². The molecule has 0 aliphatic carbocycles. The average Bonchev–Trinajstić information content (AvgIpc) is 2.75. The highest BCUT2D eigenvalue weighted by molar-refractivity contribution is 5.80. The lowest BCUT2D eigenvalue weighted by Crippen LogP contribution is -2.54. The van der Waals surface area contributed by atoms with E-state index in [9.17, 15) is 9.59 Å². The Balaban J connectivity index is 1.49. The van der Waals surface area contributed by atoms with Crippen LogP contribution in [0.5, 0.6) is 0 Å². The topological polar surface area (TPSA) is 72.9 Å². The van der Waals surface area contributed by atoms with Crippen LogP contribution in [0.3, 0.4) is 0 Å². The molecule has 1 aromatic rings. The van der Waals surface area contributed by atoms with E-state index in [1.54, 1.807) is 18.6 Å². The largest absolute Gasteiger partial charge is 0.355 e. The molecular formula is C20H32N6O2. The van der Waals surface area contributed by atoms with Gasteiger partial charge in [0.25, 0.3) is 0 Å². The Morgan fingerprint density at radius 2 is 1.86 bits per heavy atom. The Bertz CT molecular complexity index is 643. The van der Waals surface area contributed by atoms with Crippen molar-refractivity contribution in [2.45, 2.75) is 26.7 Å². The summed E-state index contributed by atoms with van der Waals surface area (Å²) >= 11 is 0. The van der Waals surface area contributed by atoms with E-state index < -0.39 is 0 Å². The molecule has 3 heterocycles. The van der Waals surface area contributed by atoms with Crippen molar-refractivity contribution in [1.29, 1.82) is 0 Å². The molecule has 154 valence electrons. The predicted molar refractivity (Wildman–Crippen MR) is 108 cm³/mol. The van der Waals surface area contributed by atoms with Gasteiger partial charge in [0.15, 0.2) is 0 Å². The lowest BCUT2D eigenvalue weighted by molar-refractivity contribution is -0.138. The highest BCUT2D eigenvalue weighted by Gasteiger charge is 2.32. The summed E-state index contributed by atoms with van der Waals surface area (Å²) in [6.45, 7) is 10.5. The summed E-state index contributed by atoms with van der Waals surface area (Å²) in [6.07, 6.45) is 7.04. The zero-order chi connectivity index (χ0) is 19.9. The third-order valence-corrected chi connectivity index (χ3v) is 5.80. The fourth-order valence-electron chi connectivity index (χ4n) is 4.09. The number of nitrogens with zero attached hydrogens (tertiary/aromatic N) is 6. The SMILES string of the molecule is CCN(CC)C(=O)CN1CCN(C(=O)C2CCCN(c3cnccn3)C2)CC1. The highest BCUT2D eigenvalue weighted by Crippen LogP contribution is 2.23. The van der Waals surface area contributed by atoms with Crippen LogP contribution in [0.2, 0.25) is 0 Å². The van der Waals surface area contributed by atoms with Crippen LogP contribution in [0.1, 0.15) is 26.7 Å². The maximum atomic E-state index is 13.0. The van der Waals surface area contributed by atoms with Crippen molar-refractivity contribution >= 4 is 17.6 Å². The van der Waals surface area contributed by atoms with Crippen molar-refractivity contribution in [3.8, 4) is 0 Å². The lowest BCUT2D eigenvalue weighted by Gasteiger charge is -2.39. The van der Waals surface area contributed by atoms with E-state index in [0.717, 1.165) is 51.4 Å². The summed E-state index contributed by atoms with van der Waals surface area (Å²) in [5.41, 5.74) is 0. The number of hydrogen-bond acceptors (Lipinski definition) is 6. The molecule has 0 N–H and O–H groups in total. The van der Waals surface area contributed by atoms with Crippen molar-refractivity contribution in [2.75, 3.05) is 63.8 Å². The Morgan fingerprint density at radius 3 is 2.50 bits per heavy atom. The van der Waals surface area contributed by atoms with Crippen molar-refractivity contribution in [2.24, 2.45) is 5.92 Å². The van der Waals surface area contributed by atoms with Gasteiger partial charge in [0.05, 0.1) is 18.7 Å². The predicted octanol–water partition coefficient (Wildman–Crippen LogP) is 0.706. The third-order valence-electron chi connectivity index (χ3n) is 5.80. The summed E-state index contributed by atoms with van der Waals surface area (Å²) in [5, 5.41) is 0. The molecule has 2 aliphatic heterocycles. The van der Waals surface area contributed by atoms with Gasteiger partial charge in [-0.25, -0.2) is 4.98 Å². The number of hydrogen-bond donors (Lipinski definition) is 0. The van der Waals surface area contributed by atoms with Crippen LogP contribution in [0.15, 0.2) is 18.6 Å². The minimum Gasteiger partial charge on any atom is -0.355 e. The first-order chi connectivity index (χ1) is 13.6. The third kappa shape index (κ3) is 4.98. The van der Waals surface area contributed by atoms with Crippen LogP contribution in [-0.2, 0) is 9.59 Å². The van der Waals surface area contributed by atoms with E-state index in [4.69, 9.17) is 0 Å². The van der Waals surface area contributed by atoms with E-state index in [-0.39, 0.29) is 17.7 Å². The molecule has 0 saturated carbocycles. The molecule has 0 bridgehead atoms. The first-order valence-electron chi connectivity index (χ1n) is 10.4. The second-order valence-electron chi connectivity index (χ2n) is 7.52. The molecule has 2 aliphatic rings. The van der Waals surface area contributed by atoms with E-state index in [1.165, 1.54) is 0 Å². The molecule has 1 atom stereocenters. The van der Waals surface area contributed by atoms with E-state index in [2.05, 4.69) is 19.8 Å². The van der Waals surface area contributed by atoms with E-state index in [1.807, 2.05) is 23.6 Å². The number of aromatic nitrogens is 2. The maximum Gasteiger partial charge on any atom is 0.236 e. The Hall–Kier alpha value is -2.22. The number of piperidine rings is 1. The van der Waals surface area contributed by atoms with Gasteiger partial charge in [-0.3, -0.25) is 19.5 Å². The Morgan fingerprint density at radius 1 is 1.11 bits per heavy atom. The van der Waals surface area contributed by atoms with Crippen LogP contribution in [-0.4, -0.2) is 95.4 Å². The van der Waals surface area contributed by atoms with Gasteiger partial charge >= 0.3 is 0 Å². The molecule has 1 aromatic heterocycles. The molecule has 28 heavy (non-hydrogen) atoms. The van der Waals surface area contributed by atoms with Crippen molar-refractivity contribution in [1.82, 2.24) is 24.7 Å². The number of carbonyl (C=O) groups excluding carboxylic acids is 2. The molecule has 0 spiro atoms. The number of likely N-dealkylation sites (N-methyl/N-ethyl adjacent to an activating group) is 1. The van der Waals surface area contributed by atoms with Crippen LogP contribution in [0.4, 0.5) is 5.82 Å². The number of carbonyl (C=O) groups is 2. The number of amides is 2. The first-order valence-corrected chi connectivity index (χ1v) is 10.4. The average molecular weight is 389 g/mol. The van der Waals surface area contributed by atoms with Crippen LogP contribution in [0, 0.1) is 5.92 Å². The Labute approximate surface area is 167 Å². The molecule has 2 saturated heterocycles. The monoisotopic (exact) mass is 388 g/mol.